The van der Waals surface area contributed by atoms with Crippen molar-refractivity contribution in [3.63, 3.8) is 0 Å². The summed E-state index contributed by atoms with van der Waals surface area (Å²) in [6.45, 7) is 12.5. The summed E-state index contributed by atoms with van der Waals surface area (Å²) >= 11 is 0. The Morgan fingerprint density at radius 2 is 1.83 bits per heavy atom. The number of hydrogen-bond acceptors (Lipinski definition) is 12. The number of ether oxygens (including phenoxy) is 2. The zero-order chi connectivity index (χ0) is 47.8. The third kappa shape index (κ3) is 10.1. The zero-order valence-electron chi connectivity index (χ0n) is 39.4. The van der Waals surface area contributed by atoms with Gasteiger partial charge in [0.05, 0.1) is 30.6 Å². The van der Waals surface area contributed by atoms with E-state index in [0.29, 0.717) is 43.5 Å². The molecular weight excluding hydrogens is 865 g/mol. The number of likely N-dealkylation sites (N-methyl/N-ethyl adjacent to an activating group) is 2. The third-order valence-electron chi connectivity index (χ3n) is 12.9. The molecule has 0 aliphatic carbocycles. The number of carbonyl (C=O) groups is 4. The largest absolute Gasteiger partial charge is 0.508 e. The Bertz CT molecular complexity index is 2610. The van der Waals surface area contributed by atoms with Crippen LogP contribution in [0.5, 0.6) is 5.75 Å². The molecule has 3 aliphatic heterocycles. The van der Waals surface area contributed by atoms with E-state index in [9.17, 15) is 32.7 Å². The number of nitrogens with zero attached hydrogens (tertiary/aromatic N) is 5. The van der Waals surface area contributed by atoms with Gasteiger partial charge < -0.3 is 29.4 Å². The van der Waals surface area contributed by atoms with Crippen LogP contribution in [0.1, 0.15) is 77.3 Å². The molecule has 0 saturated carbocycles. The summed E-state index contributed by atoms with van der Waals surface area (Å²) in [5.74, 6) is -2.74. The summed E-state index contributed by atoms with van der Waals surface area (Å²) in [6.07, 6.45) is 2.83. The lowest BCUT2D eigenvalue weighted by molar-refractivity contribution is -0.155. The van der Waals surface area contributed by atoms with E-state index < -0.39 is 75.1 Å². The van der Waals surface area contributed by atoms with Gasteiger partial charge in [-0.25, -0.2) is 13.8 Å². The van der Waals surface area contributed by atoms with Crippen molar-refractivity contribution in [2.24, 2.45) is 11.3 Å². The Kier molecular flexibility index (Phi) is 14.3. The predicted octanol–water partition coefficient (Wildman–Crippen LogP) is 4.13. The molecule has 66 heavy (non-hydrogen) atoms. The lowest BCUT2D eigenvalue weighted by Gasteiger charge is -2.37. The smallest absolute Gasteiger partial charge is 0.324 e. The lowest BCUT2D eigenvalue weighted by Crippen LogP contribution is -2.62. The molecule has 2 aromatic heterocycles. The highest BCUT2D eigenvalue weighted by atomic mass is 32.2. The standard InChI is InChI=1S/C48H64N8O9S/c1-10-55-39-16-15-31-23-35(39)36(44(55)34-13-11-17-49-42(34)29(4)64-9)24-48(5,6)27-65-47(61)37-14-12-18-56(52-37)46(60)38(21-30-19-32(31)22-33(57)20-30)51-45(59)43(28(2)3)54(8)41(58)26-53(7)66(62,63)40-25-50-40/h11,13,15-17,19-20,22-23,28-29,37-38,40,43,50,52,57H,10,12,14,18,21,24-27H2,1-9H3,(H,51,59)/t29-,37-,38-,40-,43-/m0/s1. The van der Waals surface area contributed by atoms with Gasteiger partial charge in [-0.05, 0) is 97.7 Å². The number of phenols is 1. The van der Waals surface area contributed by atoms with Gasteiger partial charge in [-0.2, -0.15) is 4.31 Å². The van der Waals surface area contributed by atoms with Gasteiger partial charge in [0.1, 0.15) is 29.2 Å². The Balaban J connectivity index is 1.31. The van der Waals surface area contributed by atoms with Gasteiger partial charge in [0.2, 0.25) is 21.8 Å². The average molecular weight is 929 g/mol. The molecule has 3 aliphatic rings. The summed E-state index contributed by atoms with van der Waals surface area (Å²) in [7, 11) is 0.664. The number of nitrogens with one attached hydrogen (secondary N) is 3. The first kappa shape index (κ1) is 48.5. The third-order valence-corrected chi connectivity index (χ3v) is 15.0. The second kappa shape index (κ2) is 19.4. The SMILES string of the molecule is CCn1c(-c2cccnc2[C@H](C)OC)c2c3cc(ccc31)-c1cc(O)cc(c1)C[C@H](NC(=O)[C@H](C(C)C)N(C)C(=O)CN(C)S(=O)(=O)[C@H]1CN1)C(=O)N1CCC[C@H](N1)C(=O)OCC(C)(C)C2. The van der Waals surface area contributed by atoms with Crippen LogP contribution in [0.15, 0.2) is 54.7 Å². The number of phenolic OH excluding ortho intramolecular Hbond substituents is 1. The fourth-order valence-electron chi connectivity index (χ4n) is 9.27. The molecule has 7 rings (SSSR count). The molecule has 18 heteroatoms. The van der Waals surface area contributed by atoms with Crippen LogP contribution in [-0.4, -0.2) is 132 Å². The van der Waals surface area contributed by atoms with Crippen molar-refractivity contribution in [3.05, 3.63) is 71.5 Å². The van der Waals surface area contributed by atoms with Gasteiger partial charge in [0, 0.05) is 75.3 Å². The molecule has 2 fully saturated rings. The molecule has 3 amide bonds. The Morgan fingerprint density at radius 3 is 2.52 bits per heavy atom. The molecule has 6 bridgehead atoms. The van der Waals surface area contributed by atoms with Crippen molar-refractivity contribution in [3.8, 4) is 28.1 Å². The quantitative estimate of drug-likeness (QED) is 0.117. The van der Waals surface area contributed by atoms with E-state index in [1.54, 1.807) is 39.3 Å². The van der Waals surface area contributed by atoms with E-state index in [0.717, 1.165) is 43.3 Å². The minimum Gasteiger partial charge on any atom is -0.508 e. The van der Waals surface area contributed by atoms with Gasteiger partial charge in [0.15, 0.2) is 0 Å². The lowest BCUT2D eigenvalue weighted by atomic mass is 9.84. The highest BCUT2D eigenvalue weighted by Crippen LogP contribution is 2.42. The van der Waals surface area contributed by atoms with Gasteiger partial charge in [-0.15, -0.1) is 0 Å². The number of hydrogen-bond donors (Lipinski definition) is 4. The molecule has 4 aromatic rings. The first-order valence-electron chi connectivity index (χ1n) is 22.7. The fourth-order valence-corrected chi connectivity index (χ4v) is 10.5. The molecule has 17 nitrogen and oxygen atoms in total. The van der Waals surface area contributed by atoms with Crippen LogP contribution in [0.25, 0.3) is 33.3 Å². The molecule has 2 aromatic carbocycles. The molecular formula is C48H64N8O9S. The summed E-state index contributed by atoms with van der Waals surface area (Å²) in [4.78, 5) is 62.6. The number of aromatic hydroxyl groups is 1. The number of methoxy groups -OCH3 is 1. The number of cyclic esters (lactones) is 1. The molecule has 5 atom stereocenters. The molecule has 4 N–H and O–H groups in total. The zero-order valence-corrected chi connectivity index (χ0v) is 40.2. The van der Waals surface area contributed by atoms with Gasteiger partial charge in [0.25, 0.3) is 5.91 Å². The topological polar surface area (TPSA) is 215 Å². The molecule has 0 radical (unpaired) electrons. The van der Waals surface area contributed by atoms with Gasteiger partial charge >= 0.3 is 5.97 Å². The summed E-state index contributed by atoms with van der Waals surface area (Å²) in [5.41, 5.74) is 9.31. The first-order valence-corrected chi connectivity index (χ1v) is 24.2. The second-order valence-electron chi connectivity index (χ2n) is 18.9. The molecule has 0 unspecified atom stereocenters. The van der Waals surface area contributed by atoms with Crippen LogP contribution < -0.4 is 16.1 Å². The average Bonchev–Trinajstić information content (AvgIpc) is 4.11. The molecule has 2 saturated heterocycles. The van der Waals surface area contributed by atoms with E-state index in [1.165, 1.54) is 24.0 Å². The van der Waals surface area contributed by atoms with Crippen molar-refractivity contribution < 1.29 is 42.2 Å². The number of rotatable bonds is 12. The van der Waals surface area contributed by atoms with Gasteiger partial charge in [-0.1, -0.05) is 39.8 Å². The number of esters is 1. The van der Waals surface area contributed by atoms with Crippen LogP contribution in [0.2, 0.25) is 0 Å². The number of hydrazine groups is 1. The molecule has 0 spiro atoms. The predicted molar refractivity (Wildman–Crippen MR) is 250 cm³/mol. The second-order valence-corrected chi connectivity index (χ2v) is 21.1. The highest BCUT2D eigenvalue weighted by Gasteiger charge is 2.41. The summed E-state index contributed by atoms with van der Waals surface area (Å²) < 4.78 is 40.7. The van der Waals surface area contributed by atoms with Crippen LogP contribution in [0.4, 0.5) is 0 Å². The van der Waals surface area contributed by atoms with E-state index in [-0.39, 0.29) is 31.4 Å². The monoisotopic (exact) mass is 928 g/mol. The van der Waals surface area contributed by atoms with E-state index in [2.05, 4.69) is 59.6 Å². The minimum absolute atomic E-state index is 0.0407. The Hall–Kier alpha value is -5.40. The first-order chi connectivity index (χ1) is 31.2. The van der Waals surface area contributed by atoms with Crippen molar-refractivity contribution in [2.45, 2.75) is 103 Å². The van der Waals surface area contributed by atoms with Crippen molar-refractivity contribution >= 4 is 44.6 Å². The van der Waals surface area contributed by atoms with Crippen LogP contribution in [-0.2, 0) is 58.1 Å². The number of sulfonamides is 1. The van der Waals surface area contributed by atoms with Crippen molar-refractivity contribution in [1.82, 2.24) is 39.8 Å². The number of carbonyl (C=O) groups excluding carboxylic acids is 4. The van der Waals surface area contributed by atoms with Crippen molar-refractivity contribution in [1.29, 1.82) is 0 Å². The van der Waals surface area contributed by atoms with E-state index in [1.807, 2.05) is 25.1 Å². The summed E-state index contributed by atoms with van der Waals surface area (Å²) in [5, 5.41) is 18.5. The maximum Gasteiger partial charge on any atom is 0.324 e. The van der Waals surface area contributed by atoms with E-state index >= 15 is 0 Å². The minimum atomic E-state index is -3.76. The number of aromatic nitrogens is 2. The highest BCUT2D eigenvalue weighted by molar-refractivity contribution is 7.90. The number of pyridine rings is 1. The van der Waals surface area contributed by atoms with Crippen LogP contribution in [0, 0.1) is 11.3 Å². The number of amides is 3. The van der Waals surface area contributed by atoms with Gasteiger partial charge in [-0.3, -0.25) is 34.5 Å². The normalized spacial score (nSPS) is 21.0. The Morgan fingerprint density at radius 1 is 1.09 bits per heavy atom. The van der Waals surface area contributed by atoms with Crippen LogP contribution in [0.3, 0.4) is 0 Å². The number of benzene rings is 2. The maximum absolute atomic E-state index is 14.7. The Labute approximate surface area is 387 Å². The molecule has 5 heterocycles. The van der Waals surface area contributed by atoms with Crippen LogP contribution >= 0.6 is 0 Å². The number of aryl methyl sites for hydroxylation is 1. The van der Waals surface area contributed by atoms with Crippen molar-refractivity contribution in [2.75, 3.05) is 47.4 Å². The summed E-state index contributed by atoms with van der Waals surface area (Å²) in [6, 6.07) is 12.1. The molecule has 356 valence electrons. The maximum atomic E-state index is 14.7. The fraction of sp³-hybridized carbons (Fsp3) is 0.521. The van der Waals surface area contributed by atoms with E-state index in [4.69, 9.17) is 14.5 Å². The number of fused-ring (bicyclic) bond motifs is 6.